The van der Waals surface area contributed by atoms with Crippen molar-refractivity contribution in [3.8, 4) is 0 Å². The van der Waals surface area contributed by atoms with Crippen molar-refractivity contribution in [2.24, 2.45) is 0 Å². The number of hydrogen-bond donors (Lipinski definition) is 0. The molecular formula is C18H21N3O2S. The minimum absolute atomic E-state index is 0.135. The highest BCUT2D eigenvalue weighted by Crippen LogP contribution is 2.19. The van der Waals surface area contributed by atoms with Gasteiger partial charge in [0.2, 0.25) is 0 Å². The van der Waals surface area contributed by atoms with Crippen LogP contribution in [0.1, 0.15) is 22.2 Å². The summed E-state index contributed by atoms with van der Waals surface area (Å²) in [5, 5.41) is 3.16. The molecule has 24 heavy (non-hydrogen) atoms. The third-order valence-electron chi connectivity index (χ3n) is 4.26. The van der Waals surface area contributed by atoms with Gasteiger partial charge in [-0.15, -0.1) is 11.3 Å². The standard InChI is InChI=1S/C18H21N3O2S/c1-14-19-15(13-24-14)12-23-18-10-20(9-17-5-3-7-22-17)8-16-4-2-6-21(16)11-18/h2-7,13,18H,8-12H2,1H3/t18-/m1/s1. The number of aromatic nitrogens is 2. The van der Waals surface area contributed by atoms with E-state index in [2.05, 4.69) is 38.2 Å². The number of fused-ring (bicyclic) bond motifs is 1. The first-order chi connectivity index (χ1) is 11.8. The van der Waals surface area contributed by atoms with Crippen LogP contribution in [0.4, 0.5) is 0 Å². The molecular weight excluding hydrogens is 322 g/mol. The van der Waals surface area contributed by atoms with Gasteiger partial charge in [0, 0.05) is 36.9 Å². The van der Waals surface area contributed by atoms with E-state index < -0.39 is 0 Å². The molecule has 4 rings (SSSR count). The smallest absolute Gasteiger partial charge is 0.117 e. The van der Waals surface area contributed by atoms with E-state index in [0.717, 1.165) is 42.6 Å². The molecule has 0 aromatic carbocycles. The van der Waals surface area contributed by atoms with Crippen LogP contribution < -0.4 is 0 Å². The third-order valence-corrected chi connectivity index (χ3v) is 5.09. The lowest BCUT2D eigenvalue weighted by Crippen LogP contribution is -2.32. The Kier molecular flexibility index (Phi) is 4.51. The molecule has 1 aliphatic rings. The summed E-state index contributed by atoms with van der Waals surface area (Å²) in [6.07, 6.45) is 4.00. The van der Waals surface area contributed by atoms with Crippen LogP contribution in [0.15, 0.2) is 46.5 Å². The molecule has 0 amide bonds. The average molecular weight is 343 g/mol. The van der Waals surface area contributed by atoms with Crippen molar-refractivity contribution in [1.82, 2.24) is 14.5 Å². The van der Waals surface area contributed by atoms with Gasteiger partial charge in [-0.25, -0.2) is 4.98 Å². The summed E-state index contributed by atoms with van der Waals surface area (Å²) >= 11 is 1.67. The Hall–Kier alpha value is -1.89. The molecule has 0 saturated heterocycles. The van der Waals surface area contributed by atoms with Gasteiger partial charge in [-0.05, 0) is 31.2 Å². The monoisotopic (exact) mass is 343 g/mol. The Morgan fingerprint density at radius 2 is 2.29 bits per heavy atom. The van der Waals surface area contributed by atoms with Crippen LogP contribution in [0, 0.1) is 6.92 Å². The number of hydrogen-bond acceptors (Lipinski definition) is 5. The third kappa shape index (κ3) is 3.61. The largest absolute Gasteiger partial charge is 0.468 e. The molecule has 3 aromatic rings. The van der Waals surface area contributed by atoms with Gasteiger partial charge in [0.05, 0.1) is 36.2 Å². The molecule has 0 bridgehead atoms. The Labute approximate surface area is 145 Å². The molecule has 0 aliphatic carbocycles. The predicted molar refractivity (Wildman–Crippen MR) is 92.7 cm³/mol. The Morgan fingerprint density at radius 3 is 3.08 bits per heavy atom. The fraction of sp³-hybridized carbons (Fsp3) is 0.389. The second-order valence-corrected chi connectivity index (χ2v) is 7.25. The van der Waals surface area contributed by atoms with Crippen LogP contribution >= 0.6 is 11.3 Å². The van der Waals surface area contributed by atoms with Crippen LogP contribution in [-0.4, -0.2) is 27.1 Å². The van der Waals surface area contributed by atoms with Crippen LogP contribution in [0.3, 0.4) is 0 Å². The maximum absolute atomic E-state index is 6.19. The topological polar surface area (TPSA) is 43.4 Å². The van der Waals surface area contributed by atoms with Crippen molar-refractivity contribution in [3.05, 3.63) is 64.3 Å². The lowest BCUT2D eigenvalue weighted by molar-refractivity contribution is 0.00637. The molecule has 1 atom stereocenters. The zero-order chi connectivity index (χ0) is 16.4. The van der Waals surface area contributed by atoms with E-state index in [4.69, 9.17) is 9.15 Å². The van der Waals surface area contributed by atoms with E-state index >= 15 is 0 Å². The van der Waals surface area contributed by atoms with E-state index in [1.807, 2.05) is 19.1 Å². The summed E-state index contributed by atoms with van der Waals surface area (Å²) < 4.78 is 14.0. The minimum Gasteiger partial charge on any atom is -0.468 e. The van der Waals surface area contributed by atoms with Gasteiger partial charge >= 0.3 is 0 Å². The van der Waals surface area contributed by atoms with Gasteiger partial charge < -0.3 is 13.7 Å². The fourth-order valence-corrected chi connectivity index (χ4v) is 3.75. The number of furan rings is 1. The zero-order valence-corrected chi connectivity index (χ0v) is 14.5. The molecule has 5 nitrogen and oxygen atoms in total. The summed E-state index contributed by atoms with van der Waals surface area (Å²) in [4.78, 5) is 6.87. The van der Waals surface area contributed by atoms with Crippen molar-refractivity contribution >= 4 is 11.3 Å². The molecule has 6 heteroatoms. The molecule has 0 fully saturated rings. The Bertz CT molecular complexity index is 778. The number of nitrogens with zero attached hydrogens (tertiary/aromatic N) is 3. The maximum atomic E-state index is 6.19. The SMILES string of the molecule is Cc1nc(CO[C@@H]2CN(Cc3ccco3)Cc3cccn3C2)cs1. The van der Waals surface area contributed by atoms with Gasteiger partial charge in [-0.3, -0.25) is 4.90 Å². The summed E-state index contributed by atoms with van der Waals surface area (Å²) in [7, 11) is 0. The number of thiazole rings is 1. The summed E-state index contributed by atoms with van der Waals surface area (Å²) in [5.41, 5.74) is 2.34. The van der Waals surface area contributed by atoms with Crippen LogP contribution in [-0.2, 0) is 31.0 Å². The molecule has 0 N–H and O–H groups in total. The van der Waals surface area contributed by atoms with Gasteiger partial charge in [0.1, 0.15) is 5.76 Å². The van der Waals surface area contributed by atoms with E-state index in [9.17, 15) is 0 Å². The van der Waals surface area contributed by atoms with Crippen molar-refractivity contribution < 1.29 is 9.15 Å². The highest BCUT2D eigenvalue weighted by molar-refractivity contribution is 7.09. The number of aryl methyl sites for hydroxylation is 1. The summed E-state index contributed by atoms with van der Waals surface area (Å²) in [6.45, 7) is 6.06. The average Bonchev–Trinajstić information content (AvgIpc) is 3.28. The first kappa shape index (κ1) is 15.6. The second kappa shape index (κ2) is 6.93. The first-order valence-electron chi connectivity index (χ1n) is 8.17. The van der Waals surface area contributed by atoms with E-state index in [1.165, 1.54) is 5.69 Å². The van der Waals surface area contributed by atoms with Gasteiger partial charge in [-0.1, -0.05) is 0 Å². The minimum atomic E-state index is 0.135. The highest BCUT2D eigenvalue weighted by atomic mass is 32.1. The summed E-state index contributed by atoms with van der Waals surface area (Å²) in [6, 6.07) is 8.25. The first-order valence-corrected chi connectivity index (χ1v) is 9.05. The normalized spacial score (nSPS) is 18.5. The Morgan fingerprint density at radius 1 is 1.33 bits per heavy atom. The van der Waals surface area contributed by atoms with Crippen LogP contribution in [0.25, 0.3) is 0 Å². The molecule has 0 radical (unpaired) electrons. The lowest BCUT2D eigenvalue weighted by atomic mass is 10.3. The maximum Gasteiger partial charge on any atom is 0.117 e. The van der Waals surface area contributed by atoms with E-state index in [1.54, 1.807) is 17.6 Å². The highest BCUT2D eigenvalue weighted by Gasteiger charge is 2.23. The van der Waals surface area contributed by atoms with E-state index in [0.29, 0.717) is 6.61 Å². The predicted octanol–water partition coefficient (Wildman–Crippen LogP) is 3.45. The lowest BCUT2D eigenvalue weighted by Gasteiger charge is -2.23. The molecule has 0 spiro atoms. The molecule has 0 unspecified atom stereocenters. The Balaban J connectivity index is 1.46. The van der Waals surface area contributed by atoms with E-state index in [-0.39, 0.29) is 6.10 Å². The second-order valence-electron chi connectivity index (χ2n) is 6.19. The quantitative estimate of drug-likeness (QED) is 0.712. The molecule has 126 valence electrons. The fourth-order valence-electron chi connectivity index (χ4n) is 3.16. The number of rotatable bonds is 5. The van der Waals surface area contributed by atoms with Crippen LogP contribution in [0.2, 0.25) is 0 Å². The molecule has 4 heterocycles. The molecule has 0 saturated carbocycles. The van der Waals surface area contributed by atoms with Crippen molar-refractivity contribution in [2.75, 3.05) is 6.54 Å². The van der Waals surface area contributed by atoms with Crippen molar-refractivity contribution in [3.63, 3.8) is 0 Å². The zero-order valence-electron chi connectivity index (χ0n) is 13.7. The van der Waals surface area contributed by atoms with Crippen LogP contribution in [0.5, 0.6) is 0 Å². The van der Waals surface area contributed by atoms with Gasteiger partial charge in [-0.2, -0.15) is 0 Å². The van der Waals surface area contributed by atoms with Gasteiger partial charge in [0.25, 0.3) is 0 Å². The molecule has 3 aromatic heterocycles. The summed E-state index contributed by atoms with van der Waals surface area (Å²) in [5.74, 6) is 0.990. The van der Waals surface area contributed by atoms with Crippen molar-refractivity contribution in [1.29, 1.82) is 0 Å². The van der Waals surface area contributed by atoms with Crippen molar-refractivity contribution in [2.45, 2.75) is 39.3 Å². The number of ether oxygens (including phenoxy) is 1. The van der Waals surface area contributed by atoms with Gasteiger partial charge in [0.15, 0.2) is 0 Å². The molecule has 1 aliphatic heterocycles.